The van der Waals surface area contributed by atoms with Gasteiger partial charge in [-0.2, -0.15) is 4.98 Å². The maximum absolute atomic E-state index is 6.21. The van der Waals surface area contributed by atoms with Gasteiger partial charge in [-0.1, -0.05) is 72.2 Å². The van der Waals surface area contributed by atoms with Crippen molar-refractivity contribution in [2.75, 3.05) is 6.61 Å². The zero-order valence-corrected chi connectivity index (χ0v) is 16.2. The lowest BCUT2D eigenvalue weighted by Crippen LogP contribution is -1.94. The summed E-state index contributed by atoms with van der Waals surface area (Å²) >= 11 is 6.21. The number of benzene rings is 3. The Kier molecular flexibility index (Phi) is 5.40. The van der Waals surface area contributed by atoms with Gasteiger partial charge in [-0.05, 0) is 41.8 Å². The lowest BCUT2D eigenvalue weighted by Gasteiger charge is -2.06. The molecule has 0 amide bonds. The van der Waals surface area contributed by atoms with Gasteiger partial charge in [-0.25, -0.2) is 0 Å². The van der Waals surface area contributed by atoms with Gasteiger partial charge in [0.15, 0.2) is 0 Å². The van der Waals surface area contributed by atoms with E-state index in [1.165, 1.54) is 0 Å². The van der Waals surface area contributed by atoms with E-state index in [1.54, 1.807) is 6.07 Å². The van der Waals surface area contributed by atoms with Gasteiger partial charge >= 0.3 is 0 Å². The van der Waals surface area contributed by atoms with Crippen LogP contribution in [0.25, 0.3) is 34.0 Å². The van der Waals surface area contributed by atoms with E-state index in [1.807, 2.05) is 54.6 Å². The lowest BCUT2D eigenvalue weighted by atomic mass is 10.0. The second kappa shape index (κ2) is 8.28. The zero-order chi connectivity index (χ0) is 19.3. The largest absolute Gasteiger partial charge is 0.494 e. The molecule has 28 heavy (non-hydrogen) atoms. The molecule has 0 radical (unpaired) electrons. The van der Waals surface area contributed by atoms with Crippen LogP contribution in [0, 0.1) is 0 Å². The van der Waals surface area contributed by atoms with Gasteiger partial charge in [0.2, 0.25) is 5.82 Å². The predicted molar refractivity (Wildman–Crippen MR) is 111 cm³/mol. The highest BCUT2D eigenvalue weighted by Gasteiger charge is 2.13. The van der Waals surface area contributed by atoms with Gasteiger partial charge in [0, 0.05) is 5.56 Å². The minimum Gasteiger partial charge on any atom is -0.494 e. The molecule has 0 unspecified atom stereocenters. The Morgan fingerprint density at radius 2 is 1.50 bits per heavy atom. The first-order valence-electron chi connectivity index (χ1n) is 9.17. The van der Waals surface area contributed by atoms with Crippen LogP contribution in [-0.2, 0) is 0 Å². The van der Waals surface area contributed by atoms with Crippen LogP contribution in [0.2, 0.25) is 5.02 Å². The molecule has 4 aromatic rings. The number of hydrogen-bond acceptors (Lipinski definition) is 4. The van der Waals surface area contributed by atoms with Crippen molar-refractivity contribution in [3.8, 4) is 39.7 Å². The quantitative estimate of drug-likeness (QED) is 0.376. The van der Waals surface area contributed by atoms with E-state index < -0.39 is 0 Å². The first kappa shape index (κ1) is 18.3. The summed E-state index contributed by atoms with van der Waals surface area (Å²) in [5, 5.41) is 4.67. The molecule has 0 saturated heterocycles. The Morgan fingerprint density at radius 3 is 2.18 bits per heavy atom. The van der Waals surface area contributed by atoms with Gasteiger partial charge in [-0.15, -0.1) is 0 Å². The first-order chi connectivity index (χ1) is 13.7. The van der Waals surface area contributed by atoms with Gasteiger partial charge in [-0.3, -0.25) is 0 Å². The molecule has 140 valence electrons. The Morgan fingerprint density at radius 1 is 0.857 bits per heavy atom. The fraction of sp³-hybridized carbons (Fsp3) is 0.130. The van der Waals surface area contributed by atoms with Crippen molar-refractivity contribution in [2.24, 2.45) is 0 Å². The van der Waals surface area contributed by atoms with Crippen molar-refractivity contribution in [2.45, 2.75) is 13.3 Å². The monoisotopic (exact) mass is 390 g/mol. The van der Waals surface area contributed by atoms with E-state index in [2.05, 4.69) is 29.2 Å². The molecule has 4 rings (SSSR count). The molecule has 0 bridgehead atoms. The molecule has 3 aromatic carbocycles. The standard InChI is InChI=1S/C23H19ClN2O2/c1-2-15-27-19-13-11-17(12-14-19)16-7-9-18(10-8-16)22-25-23(28-26-22)20-5-3-4-6-21(20)24/h3-14H,2,15H2,1H3. The second-order valence-electron chi connectivity index (χ2n) is 6.35. The van der Waals surface area contributed by atoms with Gasteiger partial charge < -0.3 is 9.26 Å². The van der Waals surface area contributed by atoms with Crippen LogP contribution in [0.4, 0.5) is 0 Å². The van der Waals surface area contributed by atoms with Crippen LogP contribution in [0.1, 0.15) is 13.3 Å². The summed E-state index contributed by atoms with van der Waals surface area (Å²) in [5.74, 6) is 1.83. The van der Waals surface area contributed by atoms with Crippen LogP contribution in [-0.4, -0.2) is 16.7 Å². The first-order valence-corrected chi connectivity index (χ1v) is 9.54. The van der Waals surface area contributed by atoms with Crippen molar-refractivity contribution in [3.63, 3.8) is 0 Å². The molecule has 0 aliphatic rings. The van der Waals surface area contributed by atoms with E-state index in [0.717, 1.165) is 41.0 Å². The third kappa shape index (κ3) is 3.92. The Labute approximate surface area is 168 Å². The zero-order valence-electron chi connectivity index (χ0n) is 15.4. The van der Waals surface area contributed by atoms with E-state index in [-0.39, 0.29) is 0 Å². The average molecular weight is 391 g/mol. The molecular weight excluding hydrogens is 372 g/mol. The minimum atomic E-state index is 0.410. The number of hydrogen-bond donors (Lipinski definition) is 0. The Bertz CT molecular complexity index is 1060. The highest BCUT2D eigenvalue weighted by atomic mass is 35.5. The molecule has 4 nitrogen and oxygen atoms in total. The van der Waals surface area contributed by atoms with E-state index in [0.29, 0.717) is 16.7 Å². The van der Waals surface area contributed by atoms with Crippen molar-refractivity contribution < 1.29 is 9.26 Å². The lowest BCUT2D eigenvalue weighted by molar-refractivity contribution is 0.317. The summed E-state index contributed by atoms with van der Waals surface area (Å²) in [5.41, 5.74) is 3.85. The molecule has 5 heteroatoms. The van der Waals surface area contributed by atoms with Crippen molar-refractivity contribution in [1.29, 1.82) is 0 Å². The summed E-state index contributed by atoms with van der Waals surface area (Å²) in [7, 11) is 0. The molecule has 1 aromatic heterocycles. The van der Waals surface area contributed by atoms with Gasteiger partial charge in [0.05, 0.1) is 17.2 Å². The molecule has 0 N–H and O–H groups in total. The summed E-state index contributed by atoms with van der Waals surface area (Å²) in [6.07, 6.45) is 0.998. The number of nitrogens with zero attached hydrogens (tertiary/aromatic N) is 2. The van der Waals surface area contributed by atoms with Gasteiger partial charge in [0.1, 0.15) is 5.75 Å². The van der Waals surface area contributed by atoms with Crippen LogP contribution < -0.4 is 4.74 Å². The Hall–Kier alpha value is -3.11. The highest BCUT2D eigenvalue weighted by Crippen LogP contribution is 2.29. The molecule has 0 fully saturated rings. The minimum absolute atomic E-state index is 0.410. The fourth-order valence-electron chi connectivity index (χ4n) is 2.86. The molecule has 0 aliphatic heterocycles. The van der Waals surface area contributed by atoms with Crippen molar-refractivity contribution in [1.82, 2.24) is 10.1 Å². The predicted octanol–water partition coefficient (Wildman–Crippen LogP) is 6.51. The van der Waals surface area contributed by atoms with Crippen LogP contribution in [0.15, 0.2) is 77.3 Å². The SMILES string of the molecule is CCCOc1ccc(-c2ccc(-c3noc(-c4ccccc4Cl)n3)cc2)cc1. The molecular formula is C23H19ClN2O2. The normalized spacial score (nSPS) is 10.8. The number of rotatable bonds is 6. The topological polar surface area (TPSA) is 48.2 Å². The molecule has 1 heterocycles. The number of ether oxygens (including phenoxy) is 1. The molecule has 0 spiro atoms. The smallest absolute Gasteiger partial charge is 0.259 e. The molecule has 0 aliphatic carbocycles. The maximum atomic E-state index is 6.21. The second-order valence-corrected chi connectivity index (χ2v) is 6.76. The summed E-state index contributed by atoms with van der Waals surface area (Å²) in [6, 6.07) is 23.6. The average Bonchev–Trinajstić information content (AvgIpc) is 3.23. The van der Waals surface area contributed by atoms with Crippen molar-refractivity contribution >= 4 is 11.6 Å². The highest BCUT2D eigenvalue weighted by molar-refractivity contribution is 6.33. The summed E-state index contributed by atoms with van der Waals surface area (Å²) in [6.45, 7) is 2.83. The maximum Gasteiger partial charge on any atom is 0.259 e. The van der Waals surface area contributed by atoms with E-state index in [9.17, 15) is 0 Å². The molecule has 0 atom stereocenters. The summed E-state index contributed by atoms with van der Waals surface area (Å²) in [4.78, 5) is 4.48. The third-order valence-electron chi connectivity index (χ3n) is 4.33. The van der Waals surface area contributed by atoms with E-state index >= 15 is 0 Å². The third-order valence-corrected chi connectivity index (χ3v) is 4.66. The van der Waals surface area contributed by atoms with Gasteiger partial charge in [0.25, 0.3) is 5.89 Å². The Balaban J connectivity index is 1.53. The van der Waals surface area contributed by atoms with Crippen LogP contribution in [0.5, 0.6) is 5.75 Å². The van der Waals surface area contributed by atoms with Crippen molar-refractivity contribution in [3.05, 3.63) is 77.8 Å². The molecule has 0 saturated carbocycles. The van der Waals surface area contributed by atoms with E-state index in [4.69, 9.17) is 20.9 Å². The number of aromatic nitrogens is 2. The van der Waals surface area contributed by atoms with Crippen LogP contribution >= 0.6 is 11.6 Å². The fourth-order valence-corrected chi connectivity index (χ4v) is 3.08. The van der Waals surface area contributed by atoms with Crippen LogP contribution in [0.3, 0.4) is 0 Å². The summed E-state index contributed by atoms with van der Waals surface area (Å²) < 4.78 is 11.0. The number of halogens is 1.